The van der Waals surface area contributed by atoms with Crippen molar-refractivity contribution in [3.05, 3.63) is 11.9 Å². The van der Waals surface area contributed by atoms with E-state index in [9.17, 15) is 4.57 Å². The topological polar surface area (TPSA) is 75.3 Å². The highest BCUT2D eigenvalue weighted by Gasteiger charge is 2.22. The fourth-order valence-corrected chi connectivity index (χ4v) is 1.54. The van der Waals surface area contributed by atoms with E-state index < -0.39 is 7.60 Å². The molecule has 1 rings (SSSR count). The van der Waals surface area contributed by atoms with E-state index in [4.69, 9.17) is 9.79 Å². The molecule has 0 spiro atoms. The lowest BCUT2D eigenvalue weighted by molar-refractivity contribution is 0.387. The van der Waals surface area contributed by atoms with E-state index in [1.807, 2.05) is 0 Å². The van der Waals surface area contributed by atoms with Gasteiger partial charge in [0, 0.05) is 7.05 Å². The van der Waals surface area contributed by atoms with Gasteiger partial charge < -0.3 is 9.79 Å². The van der Waals surface area contributed by atoms with Crippen molar-refractivity contribution in [2.24, 2.45) is 7.05 Å². The molecule has 2 N–H and O–H groups in total. The number of nitrogens with zero attached hydrogens (tertiary/aromatic N) is 2. The largest absolute Gasteiger partial charge is 0.359 e. The zero-order valence-corrected chi connectivity index (χ0v) is 7.12. The van der Waals surface area contributed by atoms with Crippen LogP contribution in [0.5, 0.6) is 0 Å². The Balaban J connectivity index is 3.26. The van der Waals surface area contributed by atoms with Crippen LogP contribution in [0, 0.1) is 6.92 Å². The molecule has 0 fully saturated rings. The van der Waals surface area contributed by atoms with Gasteiger partial charge in [-0.2, -0.15) is 5.10 Å². The van der Waals surface area contributed by atoms with Gasteiger partial charge in [0.05, 0.1) is 11.9 Å². The third-order valence-electron chi connectivity index (χ3n) is 1.52. The highest BCUT2D eigenvalue weighted by molar-refractivity contribution is 7.60. The lowest BCUT2D eigenvalue weighted by Gasteiger charge is -2.01. The average Bonchev–Trinajstić information content (AvgIpc) is 2.11. The molecule has 6 heteroatoms. The minimum atomic E-state index is -4.12. The second-order valence-electron chi connectivity index (χ2n) is 2.28. The summed E-state index contributed by atoms with van der Waals surface area (Å²) in [5, 5.41) is 3.71. The zero-order valence-electron chi connectivity index (χ0n) is 6.22. The fraction of sp³-hybridized carbons (Fsp3) is 0.400. The summed E-state index contributed by atoms with van der Waals surface area (Å²) in [6.45, 7) is 1.61. The van der Waals surface area contributed by atoms with Gasteiger partial charge in [0.1, 0.15) is 5.30 Å². The van der Waals surface area contributed by atoms with Crippen molar-refractivity contribution in [3.63, 3.8) is 0 Å². The molecule has 0 aliphatic heterocycles. The molecule has 11 heavy (non-hydrogen) atoms. The third kappa shape index (κ3) is 1.50. The van der Waals surface area contributed by atoms with Gasteiger partial charge in [0.25, 0.3) is 0 Å². The Morgan fingerprint density at radius 3 is 2.36 bits per heavy atom. The molecule has 62 valence electrons. The number of hydrogen-bond donors (Lipinski definition) is 2. The molecule has 0 saturated carbocycles. The van der Waals surface area contributed by atoms with Gasteiger partial charge in [-0.15, -0.1) is 0 Å². The Hall–Kier alpha value is -0.640. The maximum absolute atomic E-state index is 10.7. The summed E-state index contributed by atoms with van der Waals surface area (Å²) >= 11 is 0. The van der Waals surface area contributed by atoms with Crippen LogP contribution in [-0.4, -0.2) is 19.6 Å². The molecule has 0 aliphatic rings. The van der Waals surface area contributed by atoms with Crippen molar-refractivity contribution in [2.75, 3.05) is 0 Å². The van der Waals surface area contributed by atoms with Gasteiger partial charge in [-0.25, -0.2) is 0 Å². The van der Waals surface area contributed by atoms with Crippen LogP contribution in [0.4, 0.5) is 0 Å². The van der Waals surface area contributed by atoms with Crippen LogP contribution in [0.2, 0.25) is 0 Å². The average molecular weight is 176 g/mol. The van der Waals surface area contributed by atoms with Crippen LogP contribution in [0.15, 0.2) is 6.20 Å². The fourth-order valence-electron chi connectivity index (χ4n) is 0.773. The standard InChI is InChI=1S/C5H9N2O3P/c1-4-5(11(8,9)10)3-6-7(4)2/h3H,1-2H3,(H2,8,9,10). The first-order valence-electron chi connectivity index (χ1n) is 2.97. The zero-order chi connectivity index (χ0) is 8.65. The van der Waals surface area contributed by atoms with Gasteiger partial charge in [-0.3, -0.25) is 9.25 Å². The van der Waals surface area contributed by atoms with Crippen LogP contribution >= 0.6 is 7.60 Å². The smallest absolute Gasteiger partial charge is 0.321 e. The molecule has 0 unspecified atom stereocenters. The number of aromatic nitrogens is 2. The minimum Gasteiger partial charge on any atom is -0.321 e. The summed E-state index contributed by atoms with van der Waals surface area (Å²) in [5.41, 5.74) is 0.498. The molecule has 5 nitrogen and oxygen atoms in total. The highest BCUT2D eigenvalue weighted by Crippen LogP contribution is 2.33. The summed E-state index contributed by atoms with van der Waals surface area (Å²) in [7, 11) is -2.48. The van der Waals surface area contributed by atoms with Crippen molar-refractivity contribution in [1.29, 1.82) is 0 Å². The maximum atomic E-state index is 10.7. The van der Waals surface area contributed by atoms with E-state index in [1.165, 1.54) is 10.9 Å². The molecule has 0 amide bonds. The minimum absolute atomic E-state index is 0.000000000000000444. The van der Waals surface area contributed by atoms with Crippen LogP contribution in [-0.2, 0) is 11.6 Å². The van der Waals surface area contributed by atoms with Gasteiger partial charge in [0.15, 0.2) is 0 Å². The van der Waals surface area contributed by atoms with Crippen molar-refractivity contribution in [2.45, 2.75) is 6.92 Å². The highest BCUT2D eigenvalue weighted by atomic mass is 31.2. The second kappa shape index (κ2) is 2.44. The second-order valence-corrected chi connectivity index (χ2v) is 3.85. The first-order valence-corrected chi connectivity index (χ1v) is 4.59. The van der Waals surface area contributed by atoms with Gasteiger partial charge >= 0.3 is 7.60 Å². The summed E-state index contributed by atoms with van der Waals surface area (Å²) < 4.78 is 12.1. The van der Waals surface area contributed by atoms with Gasteiger partial charge in [0.2, 0.25) is 0 Å². The Morgan fingerprint density at radius 2 is 2.18 bits per heavy atom. The molecule has 1 aromatic heterocycles. The molecule has 1 heterocycles. The van der Waals surface area contributed by atoms with Crippen molar-refractivity contribution < 1.29 is 14.4 Å². The molecule has 1 aromatic rings. The molecule has 0 saturated heterocycles. The third-order valence-corrected chi connectivity index (χ3v) is 2.59. The number of hydrogen-bond acceptors (Lipinski definition) is 2. The summed E-state index contributed by atoms with van der Waals surface area (Å²) in [4.78, 5) is 17.5. The molecule has 0 aliphatic carbocycles. The number of rotatable bonds is 1. The van der Waals surface area contributed by atoms with E-state index >= 15 is 0 Å². The normalized spacial score (nSPS) is 12.0. The van der Waals surface area contributed by atoms with Crippen molar-refractivity contribution >= 4 is 12.9 Å². The summed E-state index contributed by atoms with van der Waals surface area (Å²) in [5.74, 6) is 0. The summed E-state index contributed by atoms with van der Waals surface area (Å²) in [6.07, 6.45) is 1.19. The molecular weight excluding hydrogens is 167 g/mol. The lowest BCUT2D eigenvalue weighted by Crippen LogP contribution is -2.06. The molecule has 0 aromatic carbocycles. The Kier molecular flexibility index (Phi) is 1.88. The predicted octanol–water partition coefficient (Wildman–Crippen LogP) is -0.468. The van der Waals surface area contributed by atoms with Gasteiger partial charge in [-0.1, -0.05) is 0 Å². The van der Waals surface area contributed by atoms with Crippen LogP contribution < -0.4 is 5.30 Å². The first kappa shape index (κ1) is 8.46. The van der Waals surface area contributed by atoms with E-state index in [0.717, 1.165) is 0 Å². The molecule has 0 radical (unpaired) electrons. The van der Waals surface area contributed by atoms with Crippen LogP contribution in [0.25, 0.3) is 0 Å². The Bertz CT molecular complexity index is 314. The number of aryl methyl sites for hydroxylation is 1. The van der Waals surface area contributed by atoms with Gasteiger partial charge in [-0.05, 0) is 6.92 Å². The molecule has 0 bridgehead atoms. The quantitative estimate of drug-likeness (QED) is 0.567. The van der Waals surface area contributed by atoms with E-state index in [1.54, 1.807) is 14.0 Å². The monoisotopic (exact) mass is 176 g/mol. The van der Waals surface area contributed by atoms with Crippen molar-refractivity contribution in [1.82, 2.24) is 9.78 Å². The molecular formula is C5H9N2O3P. The predicted molar refractivity (Wildman–Crippen MR) is 39.6 cm³/mol. The van der Waals surface area contributed by atoms with Crippen LogP contribution in [0.3, 0.4) is 0 Å². The van der Waals surface area contributed by atoms with Crippen molar-refractivity contribution in [3.8, 4) is 0 Å². The van der Waals surface area contributed by atoms with E-state index in [-0.39, 0.29) is 5.30 Å². The summed E-state index contributed by atoms with van der Waals surface area (Å²) in [6, 6.07) is 0. The SMILES string of the molecule is Cc1c(P(=O)(O)O)cnn1C. The van der Waals surface area contributed by atoms with E-state index in [0.29, 0.717) is 5.69 Å². The van der Waals surface area contributed by atoms with E-state index in [2.05, 4.69) is 5.10 Å². The molecule has 0 atom stereocenters. The lowest BCUT2D eigenvalue weighted by atomic mass is 10.5. The Labute approximate surface area is 63.8 Å². The van der Waals surface area contributed by atoms with Crippen LogP contribution in [0.1, 0.15) is 5.69 Å². The maximum Gasteiger partial charge on any atom is 0.359 e. The first-order chi connectivity index (χ1) is 4.93. The Morgan fingerprint density at radius 1 is 1.64 bits per heavy atom.